The Morgan fingerprint density at radius 3 is 2.28 bits per heavy atom. The number of carbonyl (C=O) groups excluding carboxylic acids is 2. The van der Waals surface area contributed by atoms with E-state index in [1.165, 1.54) is 0 Å². The number of hydrazine groups is 2. The van der Waals surface area contributed by atoms with Crippen LogP contribution in [0, 0.1) is 0 Å². The Morgan fingerprint density at radius 1 is 0.884 bits per heavy atom. The molecule has 1 atom stereocenters. The molecule has 0 unspecified atom stereocenters. The van der Waals surface area contributed by atoms with Gasteiger partial charge in [-0.1, -0.05) is 66.7 Å². The molecule has 43 heavy (non-hydrogen) atoms. The van der Waals surface area contributed by atoms with Crippen LogP contribution in [0.25, 0.3) is 10.8 Å². The fourth-order valence-corrected chi connectivity index (χ4v) is 6.00. The van der Waals surface area contributed by atoms with E-state index < -0.39 is 0 Å². The largest absolute Gasteiger partial charge is 0.379 e. The molecule has 0 spiro atoms. The van der Waals surface area contributed by atoms with Crippen molar-refractivity contribution < 1.29 is 14.3 Å². The lowest BCUT2D eigenvalue weighted by Gasteiger charge is -2.31. The Kier molecular flexibility index (Phi) is 10.8. The van der Waals surface area contributed by atoms with Crippen LogP contribution < -0.4 is 16.6 Å². The second-order valence-electron chi connectivity index (χ2n) is 11.5. The highest BCUT2D eigenvalue weighted by molar-refractivity contribution is 5.86. The second-order valence-corrected chi connectivity index (χ2v) is 11.5. The van der Waals surface area contributed by atoms with Gasteiger partial charge in [0.2, 0.25) is 0 Å². The van der Waals surface area contributed by atoms with Crippen LogP contribution in [0.2, 0.25) is 0 Å². The van der Waals surface area contributed by atoms with Crippen LogP contribution in [-0.2, 0) is 17.8 Å². The Morgan fingerprint density at radius 2 is 1.56 bits per heavy atom. The molecule has 0 radical (unpaired) electrons. The van der Waals surface area contributed by atoms with Crippen molar-refractivity contribution in [3.8, 4) is 0 Å². The Balaban J connectivity index is 1.26. The third-order valence-corrected chi connectivity index (χ3v) is 8.43. The minimum Gasteiger partial charge on any atom is -0.379 e. The van der Waals surface area contributed by atoms with Gasteiger partial charge in [-0.2, -0.15) is 0 Å². The van der Waals surface area contributed by atoms with Crippen molar-refractivity contribution >= 4 is 22.8 Å². The number of fused-ring (bicyclic) bond motifs is 1. The topological polar surface area (TPSA) is 106 Å². The molecule has 0 bridgehead atoms. The zero-order chi connectivity index (χ0) is 30.0. The summed E-state index contributed by atoms with van der Waals surface area (Å²) in [6.07, 6.45) is 3.01. The van der Waals surface area contributed by atoms with E-state index in [-0.39, 0.29) is 18.1 Å². The van der Waals surface area contributed by atoms with Gasteiger partial charge in [0.05, 0.1) is 25.8 Å². The molecule has 0 aliphatic carbocycles. The molecule has 0 aromatic heterocycles. The van der Waals surface area contributed by atoms with Crippen LogP contribution >= 0.6 is 0 Å². The lowest BCUT2D eigenvalue weighted by molar-refractivity contribution is 0.0289. The minimum absolute atomic E-state index is 0.0775. The molecule has 4 N–H and O–H groups in total. The number of hydrogen-bond acceptors (Lipinski definition) is 6. The molecule has 2 saturated heterocycles. The lowest BCUT2D eigenvalue weighted by Crippen LogP contribution is -2.51. The summed E-state index contributed by atoms with van der Waals surface area (Å²) < 4.78 is 5.49. The van der Waals surface area contributed by atoms with Crippen molar-refractivity contribution in [2.45, 2.75) is 45.3 Å². The monoisotopic (exact) mass is 587 g/mol. The molecule has 10 nitrogen and oxygen atoms in total. The summed E-state index contributed by atoms with van der Waals surface area (Å²) in [7, 11) is 0. The molecular formula is C33H45N7O3. The smallest absolute Gasteiger partial charge is 0.346 e. The van der Waals surface area contributed by atoms with Gasteiger partial charge in [-0.05, 0) is 53.6 Å². The predicted octanol–water partition coefficient (Wildman–Crippen LogP) is 4.23. The standard InChI is InChI=1S/C33H45N7O3/c1-26(30-11-6-9-29-8-2-3-10-31(29)30)35-32(41)38(17-7-16-37-20-22-43-23-21-37)24-27-12-14-28(15-13-27)25-40(33(42)36-34)39-18-4-5-19-39/h2-3,6,8-15,26H,4-5,7,16-25,34H2,1H3,(H,35,41)(H,36,42)/t26-/m0/s1. The molecule has 3 aromatic carbocycles. The van der Waals surface area contributed by atoms with E-state index in [0.717, 1.165) is 92.7 Å². The average Bonchev–Trinajstić information content (AvgIpc) is 3.58. The third-order valence-electron chi connectivity index (χ3n) is 8.43. The number of rotatable bonds is 11. The number of carbonyl (C=O) groups is 2. The van der Waals surface area contributed by atoms with Crippen LogP contribution in [0.3, 0.4) is 0 Å². The molecule has 2 fully saturated rings. The minimum atomic E-state index is -0.311. The van der Waals surface area contributed by atoms with E-state index in [1.54, 1.807) is 5.01 Å². The zero-order valence-corrected chi connectivity index (χ0v) is 25.2. The van der Waals surface area contributed by atoms with E-state index in [9.17, 15) is 9.59 Å². The normalized spacial score (nSPS) is 16.6. The lowest BCUT2D eigenvalue weighted by atomic mass is 10.00. The maximum Gasteiger partial charge on any atom is 0.346 e. The van der Waals surface area contributed by atoms with Crippen molar-refractivity contribution in [1.29, 1.82) is 0 Å². The number of nitrogens with one attached hydrogen (secondary N) is 2. The van der Waals surface area contributed by atoms with Crippen LogP contribution in [-0.4, -0.2) is 84.4 Å². The zero-order valence-electron chi connectivity index (χ0n) is 25.2. The first-order valence-electron chi connectivity index (χ1n) is 15.5. The third kappa shape index (κ3) is 8.23. The maximum atomic E-state index is 13.7. The van der Waals surface area contributed by atoms with E-state index in [0.29, 0.717) is 19.6 Å². The van der Waals surface area contributed by atoms with Gasteiger partial charge in [0.15, 0.2) is 0 Å². The molecule has 5 rings (SSSR count). The first-order valence-corrected chi connectivity index (χ1v) is 15.5. The maximum absolute atomic E-state index is 13.7. The number of urea groups is 2. The molecule has 2 aliphatic heterocycles. The molecule has 0 saturated carbocycles. The summed E-state index contributed by atoms with van der Waals surface area (Å²) in [6, 6.07) is 22.1. The number of nitrogens with two attached hydrogens (primary N) is 1. The van der Waals surface area contributed by atoms with Crippen molar-refractivity contribution in [3.05, 3.63) is 83.4 Å². The van der Waals surface area contributed by atoms with E-state index in [4.69, 9.17) is 10.6 Å². The quantitative estimate of drug-likeness (QED) is 0.176. The number of amides is 4. The van der Waals surface area contributed by atoms with E-state index >= 15 is 0 Å². The van der Waals surface area contributed by atoms with Crippen LogP contribution in [0.15, 0.2) is 66.7 Å². The highest BCUT2D eigenvalue weighted by Crippen LogP contribution is 2.24. The van der Waals surface area contributed by atoms with Crippen LogP contribution in [0.5, 0.6) is 0 Å². The van der Waals surface area contributed by atoms with Gasteiger partial charge in [0.1, 0.15) is 0 Å². The molecule has 4 amide bonds. The van der Waals surface area contributed by atoms with Gasteiger partial charge in [0.25, 0.3) is 0 Å². The summed E-state index contributed by atoms with van der Waals surface area (Å²) in [5.74, 6) is 5.47. The number of morpholine rings is 1. The average molecular weight is 588 g/mol. The number of hydrogen-bond donors (Lipinski definition) is 3. The highest BCUT2D eigenvalue weighted by atomic mass is 16.5. The SMILES string of the molecule is C[C@H](NC(=O)N(CCCN1CCOCC1)Cc1ccc(CN(C(=O)NN)N2CCCC2)cc1)c1cccc2ccccc12. The summed E-state index contributed by atoms with van der Waals surface area (Å²) in [4.78, 5) is 30.5. The predicted molar refractivity (Wildman–Crippen MR) is 169 cm³/mol. The number of benzene rings is 3. The van der Waals surface area contributed by atoms with Crippen molar-refractivity contribution in [1.82, 2.24) is 30.6 Å². The fourth-order valence-electron chi connectivity index (χ4n) is 6.00. The van der Waals surface area contributed by atoms with Gasteiger partial charge in [-0.3, -0.25) is 15.3 Å². The van der Waals surface area contributed by atoms with Gasteiger partial charge < -0.3 is 15.0 Å². The van der Waals surface area contributed by atoms with Gasteiger partial charge in [-0.25, -0.2) is 20.4 Å². The van der Waals surface area contributed by atoms with Gasteiger partial charge >= 0.3 is 12.1 Å². The van der Waals surface area contributed by atoms with Gasteiger partial charge in [0, 0.05) is 45.8 Å². The Bertz CT molecular complexity index is 1330. The van der Waals surface area contributed by atoms with Gasteiger partial charge in [-0.15, -0.1) is 0 Å². The molecule has 10 heteroatoms. The summed E-state index contributed by atoms with van der Waals surface area (Å²) in [6.45, 7) is 9.64. The molecule has 2 heterocycles. The number of ether oxygens (including phenoxy) is 1. The van der Waals surface area contributed by atoms with Crippen molar-refractivity contribution in [2.75, 3.05) is 52.5 Å². The molecule has 2 aliphatic rings. The van der Waals surface area contributed by atoms with Crippen molar-refractivity contribution in [3.63, 3.8) is 0 Å². The van der Waals surface area contributed by atoms with Crippen LogP contribution in [0.1, 0.15) is 48.9 Å². The summed E-state index contributed by atoms with van der Waals surface area (Å²) >= 11 is 0. The fraction of sp³-hybridized carbons (Fsp3) is 0.455. The number of nitrogens with zero attached hydrogens (tertiary/aromatic N) is 4. The van der Waals surface area contributed by atoms with E-state index in [2.05, 4.69) is 39.9 Å². The highest BCUT2D eigenvalue weighted by Gasteiger charge is 2.24. The molecule has 230 valence electrons. The van der Waals surface area contributed by atoms with Crippen LogP contribution in [0.4, 0.5) is 9.59 Å². The molecule has 3 aromatic rings. The summed E-state index contributed by atoms with van der Waals surface area (Å²) in [5.41, 5.74) is 5.43. The van der Waals surface area contributed by atoms with Crippen molar-refractivity contribution in [2.24, 2.45) is 5.84 Å². The molecular weight excluding hydrogens is 542 g/mol. The first-order chi connectivity index (χ1) is 21.0. The Labute approximate surface area is 254 Å². The Hall–Kier alpha value is -3.70. The second kappa shape index (κ2) is 15.2. The first kappa shape index (κ1) is 30.7. The van der Waals surface area contributed by atoms with E-state index in [1.807, 2.05) is 59.3 Å². The summed E-state index contributed by atoms with van der Waals surface area (Å²) in [5, 5.41) is 9.32.